The van der Waals surface area contributed by atoms with E-state index in [2.05, 4.69) is 5.32 Å². The Morgan fingerprint density at radius 3 is 2.17 bits per heavy atom. The van der Waals surface area contributed by atoms with Gasteiger partial charge in [0.2, 0.25) is 5.78 Å². The Labute approximate surface area is 207 Å². The minimum atomic E-state index is -1.13. The molecule has 2 aromatic carbocycles. The summed E-state index contributed by atoms with van der Waals surface area (Å²) in [6, 6.07) is 6.14. The van der Waals surface area contributed by atoms with Crippen molar-refractivity contribution < 1.29 is 42.9 Å². The van der Waals surface area contributed by atoms with Gasteiger partial charge in [0.1, 0.15) is 17.5 Å². The SMILES string of the molecule is CCOC(=O)CCC(NC(=O)c1cc(OC)c2c(c1)C(=O)c1cccc(OC)c1C2=O)C(=O)OCC. The molecule has 2 aromatic rings. The minimum Gasteiger partial charge on any atom is -0.496 e. The summed E-state index contributed by atoms with van der Waals surface area (Å²) in [5.74, 6) is -2.63. The van der Waals surface area contributed by atoms with Crippen LogP contribution in [-0.4, -0.2) is 62.9 Å². The molecule has 3 rings (SSSR count). The van der Waals surface area contributed by atoms with E-state index in [0.717, 1.165) is 0 Å². The van der Waals surface area contributed by atoms with Crippen LogP contribution < -0.4 is 14.8 Å². The number of carbonyl (C=O) groups excluding carboxylic acids is 5. The molecule has 0 saturated heterocycles. The van der Waals surface area contributed by atoms with E-state index in [-0.39, 0.29) is 65.4 Å². The predicted octanol–water partition coefficient (Wildman–Crippen LogP) is 2.48. The highest BCUT2D eigenvalue weighted by Crippen LogP contribution is 2.38. The summed E-state index contributed by atoms with van der Waals surface area (Å²) in [5, 5.41) is 2.54. The van der Waals surface area contributed by atoms with Gasteiger partial charge in [-0.15, -0.1) is 0 Å². The molecule has 0 bridgehead atoms. The molecule has 0 aliphatic heterocycles. The first-order valence-electron chi connectivity index (χ1n) is 11.4. The number of amides is 1. The molecule has 0 fully saturated rings. The quantitative estimate of drug-likeness (QED) is 0.419. The molecule has 1 atom stereocenters. The molecule has 1 N–H and O–H groups in total. The zero-order valence-electron chi connectivity index (χ0n) is 20.5. The molecule has 0 aromatic heterocycles. The maximum Gasteiger partial charge on any atom is 0.328 e. The summed E-state index contributed by atoms with van der Waals surface area (Å²) in [6.07, 6.45) is -0.160. The van der Waals surface area contributed by atoms with E-state index in [1.807, 2.05) is 0 Å². The summed E-state index contributed by atoms with van der Waals surface area (Å²) in [7, 11) is 2.71. The molecule has 190 valence electrons. The summed E-state index contributed by atoms with van der Waals surface area (Å²) in [6.45, 7) is 3.54. The van der Waals surface area contributed by atoms with Crippen LogP contribution in [0.25, 0.3) is 0 Å². The molecule has 1 unspecified atom stereocenters. The third kappa shape index (κ3) is 5.22. The lowest BCUT2D eigenvalue weighted by Gasteiger charge is -2.22. The molecule has 0 heterocycles. The second kappa shape index (κ2) is 11.5. The molecule has 36 heavy (non-hydrogen) atoms. The molecule has 1 aliphatic rings. The average Bonchev–Trinajstić information content (AvgIpc) is 2.88. The number of nitrogens with one attached hydrogen (secondary N) is 1. The number of hydrogen-bond acceptors (Lipinski definition) is 9. The van der Waals surface area contributed by atoms with Gasteiger partial charge in [-0.1, -0.05) is 12.1 Å². The number of esters is 2. The van der Waals surface area contributed by atoms with Crippen molar-refractivity contribution in [3.05, 3.63) is 58.1 Å². The molecular formula is C26H27NO9. The van der Waals surface area contributed by atoms with E-state index in [4.69, 9.17) is 18.9 Å². The first-order valence-corrected chi connectivity index (χ1v) is 11.4. The normalized spacial score (nSPS) is 12.7. The lowest BCUT2D eigenvalue weighted by molar-refractivity contribution is -0.146. The maximum absolute atomic E-state index is 13.3. The smallest absolute Gasteiger partial charge is 0.328 e. The van der Waals surface area contributed by atoms with Crippen molar-refractivity contribution in [2.24, 2.45) is 0 Å². The average molecular weight is 498 g/mol. The topological polar surface area (TPSA) is 134 Å². The molecule has 0 spiro atoms. The highest BCUT2D eigenvalue weighted by Gasteiger charge is 2.36. The van der Waals surface area contributed by atoms with Gasteiger partial charge in [-0.3, -0.25) is 19.2 Å². The van der Waals surface area contributed by atoms with E-state index in [0.29, 0.717) is 0 Å². The van der Waals surface area contributed by atoms with E-state index in [1.54, 1.807) is 26.0 Å². The highest BCUT2D eigenvalue weighted by molar-refractivity contribution is 6.30. The van der Waals surface area contributed by atoms with Crippen LogP contribution >= 0.6 is 0 Å². The Bertz CT molecular complexity index is 1220. The van der Waals surface area contributed by atoms with Crippen molar-refractivity contribution in [3.8, 4) is 11.5 Å². The largest absolute Gasteiger partial charge is 0.496 e. The zero-order valence-corrected chi connectivity index (χ0v) is 20.5. The molecular weight excluding hydrogens is 470 g/mol. The third-order valence-corrected chi connectivity index (χ3v) is 5.59. The zero-order chi connectivity index (χ0) is 26.4. The number of benzene rings is 2. The number of ether oxygens (including phenoxy) is 4. The van der Waals surface area contributed by atoms with Crippen molar-refractivity contribution in [3.63, 3.8) is 0 Å². The fourth-order valence-electron chi connectivity index (χ4n) is 3.94. The van der Waals surface area contributed by atoms with Crippen LogP contribution in [0.1, 0.15) is 68.9 Å². The molecule has 10 heteroatoms. The minimum absolute atomic E-state index is 0.00976. The maximum atomic E-state index is 13.3. The van der Waals surface area contributed by atoms with Gasteiger partial charge in [0, 0.05) is 23.1 Å². The first-order chi connectivity index (χ1) is 17.3. The number of rotatable bonds is 10. The molecule has 0 radical (unpaired) electrons. The van der Waals surface area contributed by atoms with E-state index in [1.165, 1.54) is 32.4 Å². The van der Waals surface area contributed by atoms with Gasteiger partial charge in [0.15, 0.2) is 5.78 Å². The summed E-state index contributed by atoms with van der Waals surface area (Å²) in [4.78, 5) is 63.9. The monoisotopic (exact) mass is 497 g/mol. The summed E-state index contributed by atoms with van der Waals surface area (Å²) >= 11 is 0. The van der Waals surface area contributed by atoms with Gasteiger partial charge >= 0.3 is 11.9 Å². The Morgan fingerprint density at radius 1 is 0.861 bits per heavy atom. The van der Waals surface area contributed by atoms with Crippen LogP contribution in [0.5, 0.6) is 11.5 Å². The Hall–Kier alpha value is -4.21. The lowest BCUT2D eigenvalue weighted by Crippen LogP contribution is -2.42. The number of fused-ring (bicyclic) bond motifs is 2. The number of hydrogen-bond donors (Lipinski definition) is 1. The molecule has 10 nitrogen and oxygen atoms in total. The molecule has 0 saturated carbocycles. The Morgan fingerprint density at radius 2 is 1.53 bits per heavy atom. The van der Waals surface area contributed by atoms with Crippen LogP contribution in [0.3, 0.4) is 0 Å². The Kier molecular flexibility index (Phi) is 8.42. The van der Waals surface area contributed by atoms with Crippen molar-refractivity contribution >= 4 is 29.4 Å². The standard InChI is InChI=1S/C26H27NO9/c1-5-35-20(28)11-10-17(26(32)36-6-2)27-25(31)14-12-16-22(19(13-14)34-4)24(30)21-15(23(16)29)8-7-9-18(21)33-3/h7-9,12-13,17H,5-6,10-11H2,1-4H3,(H,27,31). The van der Waals surface area contributed by atoms with Crippen LogP contribution in [-0.2, 0) is 19.1 Å². The van der Waals surface area contributed by atoms with Crippen molar-refractivity contribution in [1.29, 1.82) is 0 Å². The van der Waals surface area contributed by atoms with E-state index >= 15 is 0 Å². The van der Waals surface area contributed by atoms with Gasteiger partial charge in [-0.2, -0.15) is 0 Å². The van der Waals surface area contributed by atoms with Gasteiger partial charge in [-0.05, 0) is 38.5 Å². The fraction of sp³-hybridized carbons (Fsp3) is 0.346. The van der Waals surface area contributed by atoms with Crippen molar-refractivity contribution in [2.45, 2.75) is 32.7 Å². The molecule has 1 amide bonds. The molecule has 1 aliphatic carbocycles. The number of ketones is 2. The van der Waals surface area contributed by atoms with Gasteiger partial charge in [0.25, 0.3) is 5.91 Å². The number of methoxy groups -OCH3 is 2. The second-order valence-electron chi connectivity index (χ2n) is 7.76. The van der Waals surface area contributed by atoms with E-state index < -0.39 is 35.5 Å². The third-order valence-electron chi connectivity index (χ3n) is 5.59. The van der Waals surface area contributed by atoms with Crippen LogP contribution in [0.4, 0.5) is 0 Å². The van der Waals surface area contributed by atoms with Crippen molar-refractivity contribution in [1.82, 2.24) is 5.32 Å². The fourth-order valence-corrected chi connectivity index (χ4v) is 3.94. The van der Waals surface area contributed by atoms with Crippen LogP contribution in [0, 0.1) is 0 Å². The lowest BCUT2D eigenvalue weighted by atomic mass is 9.82. The van der Waals surface area contributed by atoms with Gasteiger partial charge in [-0.25, -0.2) is 4.79 Å². The summed E-state index contributed by atoms with van der Waals surface area (Å²) < 4.78 is 20.5. The van der Waals surface area contributed by atoms with Gasteiger partial charge < -0.3 is 24.3 Å². The first kappa shape index (κ1) is 26.4. The predicted molar refractivity (Wildman–Crippen MR) is 127 cm³/mol. The Balaban J connectivity index is 1.96. The van der Waals surface area contributed by atoms with Gasteiger partial charge in [0.05, 0.1) is 38.6 Å². The van der Waals surface area contributed by atoms with Crippen molar-refractivity contribution in [2.75, 3.05) is 27.4 Å². The number of carbonyl (C=O) groups is 5. The summed E-state index contributed by atoms with van der Waals surface area (Å²) in [5.41, 5.74) is 0.257. The second-order valence-corrected chi connectivity index (χ2v) is 7.76. The van der Waals surface area contributed by atoms with Crippen LogP contribution in [0.15, 0.2) is 30.3 Å². The highest BCUT2D eigenvalue weighted by atomic mass is 16.5. The van der Waals surface area contributed by atoms with E-state index in [9.17, 15) is 24.0 Å². The van der Waals surface area contributed by atoms with Crippen LogP contribution in [0.2, 0.25) is 0 Å².